The number of carbonyl (C=O) groups excluding carboxylic acids is 1. The van der Waals surface area contributed by atoms with E-state index in [1.807, 2.05) is 24.3 Å². The minimum Gasteiger partial charge on any atom is -0.497 e. The van der Waals surface area contributed by atoms with Gasteiger partial charge in [0.1, 0.15) is 5.75 Å². The van der Waals surface area contributed by atoms with Crippen LogP contribution in [0.1, 0.15) is 37.3 Å². The lowest BCUT2D eigenvalue weighted by Crippen LogP contribution is -2.38. The molecule has 0 spiro atoms. The Hall–Kier alpha value is -2.33. The zero-order valence-corrected chi connectivity index (χ0v) is 17.8. The Labute approximate surface area is 175 Å². The number of amides is 1. The van der Waals surface area contributed by atoms with Gasteiger partial charge in [-0.25, -0.2) is 0 Å². The van der Waals surface area contributed by atoms with Gasteiger partial charge in [0.05, 0.1) is 7.11 Å². The van der Waals surface area contributed by atoms with Crippen molar-refractivity contribution >= 4 is 5.91 Å². The highest BCUT2D eigenvalue weighted by Crippen LogP contribution is 2.15. The van der Waals surface area contributed by atoms with Crippen LogP contribution >= 0.6 is 0 Å². The third kappa shape index (κ3) is 6.60. The summed E-state index contributed by atoms with van der Waals surface area (Å²) in [5.41, 5.74) is 2.59. The van der Waals surface area contributed by atoms with E-state index in [-0.39, 0.29) is 5.91 Å². The van der Waals surface area contributed by atoms with Gasteiger partial charge in [0, 0.05) is 38.6 Å². The van der Waals surface area contributed by atoms with E-state index in [4.69, 9.17) is 4.74 Å². The molecule has 1 fully saturated rings. The summed E-state index contributed by atoms with van der Waals surface area (Å²) in [6.07, 6.45) is 4.70. The van der Waals surface area contributed by atoms with Gasteiger partial charge in [-0.15, -0.1) is 0 Å². The maximum atomic E-state index is 12.7. The molecule has 1 atom stereocenters. The molecule has 1 aliphatic rings. The first kappa shape index (κ1) is 21.4. The van der Waals surface area contributed by atoms with Crippen LogP contribution in [0.5, 0.6) is 5.75 Å². The molecule has 0 saturated carbocycles. The molecule has 0 bridgehead atoms. The highest BCUT2D eigenvalue weighted by molar-refractivity contribution is 5.76. The van der Waals surface area contributed by atoms with Crippen LogP contribution in [0, 0.1) is 0 Å². The Morgan fingerprint density at radius 1 is 0.931 bits per heavy atom. The van der Waals surface area contributed by atoms with Crippen molar-refractivity contribution in [2.24, 2.45) is 0 Å². The minimum absolute atomic E-state index is 0.277. The molecule has 1 amide bonds. The maximum absolute atomic E-state index is 12.7. The summed E-state index contributed by atoms with van der Waals surface area (Å²) in [6.45, 7) is 6.10. The van der Waals surface area contributed by atoms with E-state index in [9.17, 15) is 4.79 Å². The molecule has 29 heavy (non-hydrogen) atoms. The van der Waals surface area contributed by atoms with E-state index in [0.29, 0.717) is 12.5 Å². The number of hydrogen-bond acceptors (Lipinski definition) is 3. The van der Waals surface area contributed by atoms with Crippen molar-refractivity contribution in [3.63, 3.8) is 0 Å². The van der Waals surface area contributed by atoms with Crippen molar-refractivity contribution in [3.05, 3.63) is 65.7 Å². The predicted octanol–water partition coefficient (Wildman–Crippen LogP) is 4.18. The second kappa shape index (κ2) is 11.0. The molecule has 0 aromatic heterocycles. The van der Waals surface area contributed by atoms with Crippen LogP contribution in [0.4, 0.5) is 0 Å². The summed E-state index contributed by atoms with van der Waals surface area (Å²) < 4.78 is 5.20. The zero-order valence-electron chi connectivity index (χ0n) is 17.8. The second-order valence-electron chi connectivity index (χ2n) is 7.99. The van der Waals surface area contributed by atoms with Gasteiger partial charge in [0.15, 0.2) is 0 Å². The summed E-state index contributed by atoms with van der Waals surface area (Å²) >= 11 is 0. The molecule has 0 aliphatic carbocycles. The molecular weight excluding hydrogens is 360 g/mol. The molecule has 4 heteroatoms. The van der Waals surface area contributed by atoms with E-state index >= 15 is 0 Å². The molecule has 1 heterocycles. The predicted molar refractivity (Wildman–Crippen MR) is 118 cm³/mol. The standard InChI is InChI=1S/C25H34N2O2/c1-21(9-10-22-7-4-3-5-8-22)26-17-6-18-27(20-19-26)25(28)16-13-23-11-14-24(29-2)15-12-23/h3-5,7-8,11-12,14-15,21H,6,9-10,13,16-20H2,1-2H3. The van der Waals surface area contributed by atoms with Crippen LogP contribution in [0.25, 0.3) is 0 Å². The number of nitrogens with zero attached hydrogens (tertiary/aromatic N) is 2. The van der Waals surface area contributed by atoms with Crippen LogP contribution in [-0.4, -0.2) is 55.0 Å². The first-order valence-corrected chi connectivity index (χ1v) is 10.8. The van der Waals surface area contributed by atoms with E-state index < -0.39 is 0 Å². The highest BCUT2D eigenvalue weighted by atomic mass is 16.5. The zero-order chi connectivity index (χ0) is 20.5. The molecule has 0 radical (unpaired) electrons. The number of ether oxygens (including phenoxy) is 1. The van der Waals surface area contributed by atoms with Crippen molar-refractivity contribution < 1.29 is 9.53 Å². The normalized spacial score (nSPS) is 16.3. The van der Waals surface area contributed by atoms with Crippen LogP contribution in [0.3, 0.4) is 0 Å². The third-order valence-corrected chi connectivity index (χ3v) is 5.99. The molecule has 4 nitrogen and oxygen atoms in total. The molecule has 3 rings (SSSR count). The van der Waals surface area contributed by atoms with Crippen molar-refractivity contribution in [3.8, 4) is 5.75 Å². The smallest absolute Gasteiger partial charge is 0.222 e. The fourth-order valence-electron chi connectivity index (χ4n) is 4.03. The lowest BCUT2D eigenvalue weighted by molar-refractivity contribution is -0.131. The average Bonchev–Trinajstić information content (AvgIpc) is 3.03. The van der Waals surface area contributed by atoms with Crippen LogP contribution in [0.2, 0.25) is 0 Å². The van der Waals surface area contributed by atoms with Crippen molar-refractivity contribution in [2.75, 3.05) is 33.3 Å². The Kier molecular flexibility index (Phi) is 8.12. The monoisotopic (exact) mass is 394 g/mol. The average molecular weight is 395 g/mol. The van der Waals surface area contributed by atoms with Crippen LogP contribution < -0.4 is 4.74 Å². The topological polar surface area (TPSA) is 32.8 Å². The van der Waals surface area contributed by atoms with E-state index in [1.165, 1.54) is 11.1 Å². The fraction of sp³-hybridized carbons (Fsp3) is 0.480. The summed E-state index contributed by atoms with van der Waals surface area (Å²) in [7, 11) is 1.67. The lowest BCUT2D eigenvalue weighted by atomic mass is 10.1. The van der Waals surface area contributed by atoms with Gasteiger partial charge in [-0.1, -0.05) is 42.5 Å². The van der Waals surface area contributed by atoms with Crippen LogP contribution in [0.15, 0.2) is 54.6 Å². The lowest BCUT2D eigenvalue weighted by Gasteiger charge is -2.28. The SMILES string of the molecule is COc1ccc(CCC(=O)N2CCCN(C(C)CCc3ccccc3)CC2)cc1. The number of methoxy groups -OCH3 is 1. The van der Waals surface area contributed by atoms with E-state index in [1.54, 1.807) is 7.11 Å². The van der Waals surface area contributed by atoms with Gasteiger partial charge in [-0.05, 0) is 55.9 Å². The molecule has 156 valence electrons. The van der Waals surface area contributed by atoms with Gasteiger partial charge >= 0.3 is 0 Å². The molecule has 1 unspecified atom stereocenters. The van der Waals surface area contributed by atoms with Gasteiger partial charge < -0.3 is 9.64 Å². The summed E-state index contributed by atoms with van der Waals surface area (Å²) in [4.78, 5) is 17.3. The highest BCUT2D eigenvalue weighted by Gasteiger charge is 2.21. The van der Waals surface area contributed by atoms with Crippen molar-refractivity contribution in [2.45, 2.75) is 45.1 Å². The summed E-state index contributed by atoms with van der Waals surface area (Å²) in [5.74, 6) is 1.13. The summed E-state index contributed by atoms with van der Waals surface area (Å²) in [5, 5.41) is 0. The number of hydrogen-bond donors (Lipinski definition) is 0. The van der Waals surface area contributed by atoms with E-state index in [2.05, 4.69) is 47.1 Å². The molecule has 2 aromatic rings. The minimum atomic E-state index is 0.277. The number of benzene rings is 2. The molecule has 1 saturated heterocycles. The van der Waals surface area contributed by atoms with Gasteiger partial charge in [-0.3, -0.25) is 9.69 Å². The largest absolute Gasteiger partial charge is 0.497 e. The Morgan fingerprint density at radius 2 is 1.66 bits per heavy atom. The molecule has 1 aliphatic heterocycles. The Bertz CT molecular complexity index is 745. The first-order chi connectivity index (χ1) is 14.2. The molecular formula is C25H34N2O2. The fourth-order valence-corrected chi connectivity index (χ4v) is 4.03. The van der Waals surface area contributed by atoms with Crippen LogP contribution in [-0.2, 0) is 17.6 Å². The first-order valence-electron chi connectivity index (χ1n) is 10.8. The van der Waals surface area contributed by atoms with Gasteiger partial charge in [-0.2, -0.15) is 0 Å². The molecule has 2 aromatic carbocycles. The van der Waals surface area contributed by atoms with E-state index in [0.717, 1.165) is 57.6 Å². The summed E-state index contributed by atoms with van der Waals surface area (Å²) in [6, 6.07) is 19.3. The quantitative estimate of drug-likeness (QED) is 0.673. The Balaban J connectivity index is 1.42. The van der Waals surface area contributed by atoms with Gasteiger partial charge in [0.25, 0.3) is 0 Å². The number of rotatable bonds is 8. The number of carbonyl (C=O) groups is 1. The number of aryl methyl sites for hydroxylation is 2. The Morgan fingerprint density at radius 3 is 2.38 bits per heavy atom. The third-order valence-electron chi connectivity index (χ3n) is 5.99. The molecule has 0 N–H and O–H groups in total. The van der Waals surface area contributed by atoms with Gasteiger partial charge in [0.2, 0.25) is 5.91 Å². The van der Waals surface area contributed by atoms with Crippen molar-refractivity contribution in [1.29, 1.82) is 0 Å². The van der Waals surface area contributed by atoms with Crippen molar-refractivity contribution in [1.82, 2.24) is 9.80 Å². The second-order valence-corrected chi connectivity index (χ2v) is 7.99. The maximum Gasteiger partial charge on any atom is 0.222 e.